The van der Waals surface area contributed by atoms with Gasteiger partial charge in [0.25, 0.3) is 0 Å². The molecule has 7 nitrogen and oxygen atoms in total. The summed E-state index contributed by atoms with van der Waals surface area (Å²) in [6.07, 6.45) is 0. The van der Waals surface area contributed by atoms with Gasteiger partial charge in [0.05, 0.1) is 5.69 Å². The number of anilines is 2. The molecule has 3 rings (SSSR count). The van der Waals surface area contributed by atoms with Crippen molar-refractivity contribution in [3.63, 3.8) is 0 Å². The molecule has 7 heteroatoms. The number of carbonyl (C=O) groups excluding carboxylic acids is 3. The molecular weight excluding hydrogens is 372 g/mol. The first-order valence-electron chi connectivity index (χ1n) is 9.29. The Morgan fingerprint density at radius 3 is 2.41 bits per heavy atom. The van der Waals surface area contributed by atoms with Gasteiger partial charge in [0.15, 0.2) is 5.75 Å². The maximum absolute atomic E-state index is 12.4. The number of nitrogens with zero attached hydrogens (tertiary/aromatic N) is 2. The first-order chi connectivity index (χ1) is 13.6. The standard InChI is InChI=1S/C22H24N2O5/c1-22(2,3)21(27)23(4)15-9-11-16(12-10-15)28-19(25)13-24-14-20(26)29-18-8-6-5-7-17(18)24/h5-12H,13-14H2,1-4H3. The Bertz CT molecular complexity index is 931. The molecule has 0 fully saturated rings. The van der Waals surface area contributed by atoms with E-state index < -0.39 is 17.4 Å². The fraction of sp³-hybridized carbons (Fsp3) is 0.318. The van der Waals surface area contributed by atoms with E-state index in [1.54, 1.807) is 59.3 Å². The predicted molar refractivity (Wildman–Crippen MR) is 109 cm³/mol. The molecule has 0 saturated heterocycles. The second-order valence-electron chi connectivity index (χ2n) is 7.88. The molecule has 1 aliphatic rings. The van der Waals surface area contributed by atoms with Crippen LogP contribution in [0.15, 0.2) is 48.5 Å². The summed E-state index contributed by atoms with van der Waals surface area (Å²) in [5, 5.41) is 0. The maximum Gasteiger partial charge on any atom is 0.331 e. The van der Waals surface area contributed by atoms with Crippen LogP contribution in [-0.2, 0) is 14.4 Å². The Kier molecular flexibility index (Phi) is 5.59. The van der Waals surface area contributed by atoms with Crippen molar-refractivity contribution < 1.29 is 23.9 Å². The lowest BCUT2D eigenvalue weighted by atomic mass is 9.95. The van der Waals surface area contributed by atoms with Crippen LogP contribution in [0.4, 0.5) is 11.4 Å². The molecule has 2 aromatic carbocycles. The summed E-state index contributed by atoms with van der Waals surface area (Å²) in [4.78, 5) is 39.7. The summed E-state index contributed by atoms with van der Waals surface area (Å²) in [6, 6.07) is 13.8. The van der Waals surface area contributed by atoms with E-state index in [2.05, 4.69) is 0 Å². The zero-order valence-electron chi connectivity index (χ0n) is 17.0. The molecule has 2 aromatic rings. The van der Waals surface area contributed by atoms with Gasteiger partial charge < -0.3 is 19.3 Å². The first-order valence-corrected chi connectivity index (χ1v) is 9.29. The van der Waals surface area contributed by atoms with E-state index in [9.17, 15) is 14.4 Å². The summed E-state index contributed by atoms with van der Waals surface area (Å²) < 4.78 is 10.6. The van der Waals surface area contributed by atoms with Crippen LogP contribution < -0.4 is 19.3 Å². The lowest BCUT2D eigenvalue weighted by Crippen LogP contribution is -2.41. The predicted octanol–water partition coefficient (Wildman–Crippen LogP) is 3.03. The number of ether oxygens (including phenoxy) is 2. The maximum atomic E-state index is 12.4. The zero-order valence-corrected chi connectivity index (χ0v) is 17.0. The largest absolute Gasteiger partial charge is 0.425 e. The molecule has 1 aliphatic heterocycles. The molecule has 0 aromatic heterocycles. The van der Waals surface area contributed by atoms with E-state index in [0.29, 0.717) is 22.9 Å². The Morgan fingerprint density at radius 1 is 1.10 bits per heavy atom. The molecule has 0 atom stereocenters. The van der Waals surface area contributed by atoms with Gasteiger partial charge in [-0.15, -0.1) is 0 Å². The van der Waals surface area contributed by atoms with Crippen molar-refractivity contribution in [2.45, 2.75) is 20.8 Å². The number of hydrogen-bond acceptors (Lipinski definition) is 6. The lowest BCUT2D eigenvalue weighted by Gasteiger charge is -2.28. The highest BCUT2D eigenvalue weighted by Gasteiger charge is 2.27. The Labute approximate surface area is 169 Å². The minimum atomic E-state index is -0.499. The lowest BCUT2D eigenvalue weighted by molar-refractivity contribution is -0.134. The Morgan fingerprint density at radius 2 is 1.76 bits per heavy atom. The highest BCUT2D eigenvalue weighted by molar-refractivity contribution is 5.96. The SMILES string of the molecule is CN(C(=O)C(C)(C)C)c1ccc(OC(=O)CN2CC(=O)Oc3ccccc32)cc1. The number of hydrogen-bond donors (Lipinski definition) is 0. The van der Waals surface area contributed by atoms with Crippen LogP contribution in [0, 0.1) is 5.41 Å². The summed E-state index contributed by atoms with van der Waals surface area (Å²) in [5.41, 5.74) is 0.880. The van der Waals surface area contributed by atoms with Gasteiger partial charge in [-0.1, -0.05) is 32.9 Å². The van der Waals surface area contributed by atoms with Crippen molar-refractivity contribution in [1.82, 2.24) is 0 Å². The molecule has 0 spiro atoms. The summed E-state index contributed by atoms with van der Waals surface area (Å²) >= 11 is 0. The smallest absolute Gasteiger partial charge is 0.331 e. The Hall–Kier alpha value is -3.35. The van der Waals surface area contributed by atoms with Crippen molar-refractivity contribution in [2.75, 3.05) is 29.9 Å². The molecule has 152 valence electrons. The third-order valence-electron chi connectivity index (χ3n) is 4.47. The van der Waals surface area contributed by atoms with Gasteiger partial charge in [-0.2, -0.15) is 0 Å². The highest BCUT2D eigenvalue weighted by atomic mass is 16.5. The van der Waals surface area contributed by atoms with Crippen molar-refractivity contribution in [1.29, 1.82) is 0 Å². The fourth-order valence-corrected chi connectivity index (χ4v) is 3.02. The molecule has 1 heterocycles. The van der Waals surface area contributed by atoms with Crippen molar-refractivity contribution >= 4 is 29.2 Å². The van der Waals surface area contributed by atoms with Crippen LogP contribution in [0.25, 0.3) is 0 Å². The number of rotatable bonds is 4. The number of fused-ring (bicyclic) bond motifs is 1. The molecule has 0 aliphatic carbocycles. The van der Waals surface area contributed by atoms with Crippen LogP contribution >= 0.6 is 0 Å². The van der Waals surface area contributed by atoms with Crippen LogP contribution in [0.3, 0.4) is 0 Å². The van der Waals surface area contributed by atoms with Gasteiger partial charge in [0.2, 0.25) is 5.91 Å². The summed E-state index contributed by atoms with van der Waals surface area (Å²) in [5.74, 6) is -0.151. The molecular formula is C22H24N2O5. The van der Waals surface area contributed by atoms with Crippen molar-refractivity contribution in [2.24, 2.45) is 5.41 Å². The van der Waals surface area contributed by atoms with Crippen LogP contribution in [0.5, 0.6) is 11.5 Å². The molecule has 1 amide bonds. The van der Waals surface area contributed by atoms with E-state index in [4.69, 9.17) is 9.47 Å². The van der Waals surface area contributed by atoms with Gasteiger partial charge >= 0.3 is 11.9 Å². The monoisotopic (exact) mass is 396 g/mol. The zero-order chi connectivity index (χ0) is 21.2. The van der Waals surface area contributed by atoms with E-state index in [1.807, 2.05) is 26.8 Å². The first kappa shape index (κ1) is 20.4. The summed E-state index contributed by atoms with van der Waals surface area (Å²) in [6.45, 7) is 5.46. The van der Waals surface area contributed by atoms with Gasteiger partial charge in [-0.05, 0) is 36.4 Å². The normalized spacial score (nSPS) is 13.4. The Balaban J connectivity index is 1.65. The molecule has 0 unspecified atom stereocenters. The van der Waals surface area contributed by atoms with Gasteiger partial charge in [-0.25, -0.2) is 9.59 Å². The third kappa shape index (κ3) is 4.74. The molecule has 0 radical (unpaired) electrons. The van der Waals surface area contributed by atoms with Gasteiger partial charge in [0.1, 0.15) is 18.8 Å². The molecule has 0 bridgehead atoms. The van der Waals surface area contributed by atoms with E-state index >= 15 is 0 Å². The highest BCUT2D eigenvalue weighted by Crippen LogP contribution is 2.31. The quantitative estimate of drug-likeness (QED) is 0.584. The van der Waals surface area contributed by atoms with Crippen LogP contribution in [0.1, 0.15) is 20.8 Å². The third-order valence-corrected chi connectivity index (χ3v) is 4.47. The molecule has 0 saturated carbocycles. The second-order valence-corrected chi connectivity index (χ2v) is 7.88. The van der Waals surface area contributed by atoms with E-state index in [-0.39, 0.29) is 19.0 Å². The average Bonchev–Trinajstić information content (AvgIpc) is 2.66. The minimum absolute atomic E-state index is 0.0158. The minimum Gasteiger partial charge on any atom is -0.425 e. The topological polar surface area (TPSA) is 76.2 Å². The van der Waals surface area contributed by atoms with E-state index in [0.717, 1.165) is 0 Å². The number of esters is 2. The number of carbonyl (C=O) groups is 3. The molecule has 0 N–H and O–H groups in total. The number of amides is 1. The molecule has 29 heavy (non-hydrogen) atoms. The van der Waals surface area contributed by atoms with Crippen LogP contribution in [-0.4, -0.2) is 38.0 Å². The average molecular weight is 396 g/mol. The summed E-state index contributed by atoms with van der Waals surface area (Å²) in [7, 11) is 1.71. The van der Waals surface area contributed by atoms with E-state index in [1.165, 1.54) is 0 Å². The van der Waals surface area contributed by atoms with Crippen molar-refractivity contribution in [3.8, 4) is 11.5 Å². The van der Waals surface area contributed by atoms with Crippen LogP contribution in [0.2, 0.25) is 0 Å². The second kappa shape index (κ2) is 7.95. The van der Waals surface area contributed by atoms with Gasteiger partial charge in [0, 0.05) is 18.2 Å². The number of para-hydroxylation sites is 2. The fourth-order valence-electron chi connectivity index (χ4n) is 3.02. The van der Waals surface area contributed by atoms with Gasteiger partial charge in [-0.3, -0.25) is 4.79 Å². The number of benzene rings is 2. The van der Waals surface area contributed by atoms with Crippen molar-refractivity contribution in [3.05, 3.63) is 48.5 Å².